The van der Waals surface area contributed by atoms with Crippen LogP contribution in [0.2, 0.25) is 10.0 Å². The van der Waals surface area contributed by atoms with Crippen molar-refractivity contribution in [2.24, 2.45) is 11.5 Å². The molecule has 4 aromatic carbocycles. The lowest BCUT2D eigenvalue weighted by molar-refractivity contribution is -0.133. The van der Waals surface area contributed by atoms with E-state index in [1.165, 1.54) is 89.2 Å². The lowest BCUT2D eigenvalue weighted by Crippen LogP contribution is -2.56. The molecule has 6 atom stereocenters. The van der Waals surface area contributed by atoms with E-state index in [9.17, 15) is 55.1 Å². The topological polar surface area (TPSA) is 226 Å². The third kappa shape index (κ3) is 16.7. The van der Waals surface area contributed by atoms with Crippen LogP contribution in [0.25, 0.3) is 0 Å². The number of nitrogens with one attached hydrogen (secondary N) is 3. The van der Waals surface area contributed by atoms with Gasteiger partial charge in [0, 0.05) is 106 Å². The minimum absolute atomic E-state index is 0.0478. The number of hydrogen-bond acceptors (Lipinski definition) is 12. The van der Waals surface area contributed by atoms with E-state index in [1.807, 2.05) is 5.38 Å². The Morgan fingerprint density at radius 1 is 0.659 bits per heavy atom. The maximum atomic E-state index is 14.4. The van der Waals surface area contributed by atoms with Crippen LogP contribution in [0.1, 0.15) is 100 Å². The Bertz CT molecular complexity index is 3300. The third-order valence-electron chi connectivity index (χ3n) is 14.7. The number of thiazole rings is 2. The van der Waals surface area contributed by atoms with Crippen LogP contribution in [0.3, 0.4) is 0 Å². The maximum absolute atomic E-state index is 14.4. The molecule has 2 saturated heterocycles. The molecule has 5 aliphatic rings. The lowest BCUT2D eigenvalue weighted by Gasteiger charge is -2.39. The first-order valence-electron chi connectivity index (χ1n) is 27.1. The Morgan fingerprint density at radius 3 is 1.53 bits per heavy atom. The molecule has 11 rings (SSSR count). The van der Waals surface area contributed by atoms with E-state index < -0.39 is 109 Å². The number of amides is 6. The van der Waals surface area contributed by atoms with Crippen molar-refractivity contribution in [1.29, 1.82) is 0 Å². The van der Waals surface area contributed by atoms with Crippen LogP contribution in [0, 0.1) is 11.6 Å². The molecule has 452 valence electrons. The van der Waals surface area contributed by atoms with Gasteiger partial charge in [-0.2, -0.15) is 0 Å². The summed E-state index contributed by atoms with van der Waals surface area (Å²) >= 11 is 18.8. The first-order chi connectivity index (χ1) is 40.5. The Labute approximate surface area is 512 Å². The summed E-state index contributed by atoms with van der Waals surface area (Å²) in [5, 5.41) is 11.6. The molecule has 3 aliphatic carbocycles. The van der Waals surface area contributed by atoms with Crippen LogP contribution >= 0.6 is 61.8 Å². The van der Waals surface area contributed by atoms with Crippen LogP contribution in [-0.4, -0.2) is 93.5 Å². The van der Waals surface area contributed by atoms with Crippen LogP contribution < -0.4 is 42.1 Å². The summed E-state index contributed by atoms with van der Waals surface area (Å²) in [6.07, 6.45) is 3.26. The van der Waals surface area contributed by atoms with Crippen LogP contribution in [-0.2, 0) is 28.8 Å². The van der Waals surface area contributed by atoms with Crippen molar-refractivity contribution in [2.75, 3.05) is 14.7 Å². The average molecular weight is 1320 g/mol. The van der Waals surface area contributed by atoms with E-state index in [0.29, 0.717) is 5.82 Å². The fourth-order valence-electron chi connectivity index (χ4n) is 10.4. The SMILES string of the molecule is Brc1cscn1.N[C@@H]1CCCC[C@H]1N.O=C(NC1CC(F)(F)C1)C(c1ccccc1Cl)N(C(=O)[C@@H]1CCC(=O)N1c1cscn1)c1cccc(F)c1.O=C1CC[C@@H](C(=O)N(c2cccc(F)c2)C(C(=O)NC2CC(F)(F)C2)c2ccccc2Cl)N1. The highest BCUT2D eigenvalue weighted by molar-refractivity contribution is 9.10. The van der Waals surface area contributed by atoms with Gasteiger partial charge in [-0.25, -0.2) is 36.3 Å². The van der Waals surface area contributed by atoms with Gasteiger partial charge in [0.2, 0.25) is 23.6 Å². The Hall–Kier alpha value is -6.48. The summed E-state index contributed by atoms with van der Waals surface area (Å²) in [4.78, 5) is 90.9. The number of nitrogens with zero attached hydrogens (tertiary/aromatic N) is 5. The van der Waals surface area contributed by atoms with Crippen molar-refractivity contribution in [1.82, 2.24) is 25.9 Å². The number of hydrogen-bond donors (Lipinski definition) is 5. The first kappa shape index (κ1) is 64.5. The monoisotopic (exact) mass is 1320 g/mol. The number of carbonyl (C=O) groups excluding carboxylic acids is 6. The second-order valence-electron chi connectivity index (χ2n) is 20.9. The van der Waals surface area contributed by atoms with E-state index >= 15 is 0 Å². The lowest BCUT2D eigenvalue weighted by atomic mass is 9.87. The number of nitrogens with two attached hydrogens (primary N) is 2. The van der Waals surface area contributed by atoms with Crippen LogP contribution in [0.4, 0.5) is 43.5 Å². The molecule has 0 bridgehead atoms. The summed E-state index contributed by atoms with van der Waals surface area (Å²) < 4.78 is 83.2. The molecule has 0 radical (unpaired) electrons. The second kappa shape index (κ2) is 28.8. The number of carbonyl (C=O) groups is 6. The molecule has 7 N–H and O–H groups in total. The molecule has 4 heterocycles. The van der Waals surface area contributed by atoms with Gasteiger partial charge in [-0.15, -0.1) is 22.7 Å². The van der Waals surface area contributed by atoms with E-state index in [0.717, 1.165) is 39.4 Å². The van der Waals surface area contributed by atoms with Gasteiger partial charge in [-0.3, -0.25) is 43.5 Å². The predicted octanol–water partition coefficient (Wildman–Crippen LogP) is 11.0. The van der Waals surface area contributed by atoms with Crippen molar-refractivity contribution < 1.29 is 55.1 Å². The molecule has 27 heteroatoms. The van der Waals surface area contributed by atoms with E-state index in [2.05, 4.69) is 41.8 Å². The molecule has 6 amide bonds. The molecule has 2 aliphatic heterocycles. The van der Waals surface area contributed by atoms with Gasteiger partial charge in [-0.1, -0.05) is 84.6 Å². The highest BCUT2D eigenvalue weighted by Gasteiger charge is 2.50. The molecule has 85 heavy (non-hydrogen) atoms. The Balaban J connectivity index is 0.000000181. The Kier molecular flexibility index (Phi) is 21.9. The van der Waals surface area contributed by atoms with Crippen molar-refractivity contribution in [3.63, 3.8) is 0 Å². The molecule has 6 aromatic rings. The zero-order valence-corrected chi connectivity index (χ0v) is 49.9. The largest absolute Gasteiger partial charge is 0.351 e. The molecule has 5 fully saturated rings. The predicted molar refractivity (Wildman–Crippen MR) is 316 cm³/mol. The quantitative estimate of drug-likeness (QED) is 0.0688. The summed E-state index contributed by atoms with van der Waals surface area (Å²) in [6.45, 7) is 0. The van der Waals surface area contributed by atoms with Crippen LogP contribution in [0.15, 0.2) is 123 Å². The second-order valence-corrected chi connectivity index (χ2v) is 24.0. The van der Waals surface area contributed by atoms with Gasteiger partial charge in [0.1, 0.15) is 46.2 Å². The number of anilines is 3. The van der Waals surface area contributed by atoms with Crippen LogP contribution in [0.5, 0.6) is 0 Å². The normalized spacial score (nSPS) is 21.1. The molecule has 16 nitrogen and oxygen atoms in total. The van der Waals surface area contributed by atoms with Crippen molar-refractivity contribution in [3.05, 3.63) is 156 Å². The fourth-order valence-corrected chi connectivity index (χ4v) is 12.4. The zero-order valence-electron chi connectivity index (χ0n) is 45.2. The highest BCUT2D eigenvalue weighted by Crippen LogP contribution is 2.42. The molecule has 2 aromatic heterocycles. The standard InChI is InChI=1S/C26H22ClF3N4O3S.C23H21ClF3N3O3.C6H14N2.C3H2BrNS/c27-19-7-2-1-6-18(19)23(24(36)32-16-11-26(29,30)12-16)33(17-5-3-4-15(28)10-17)25(37)20-8-9-22(35)34(20)21-13-38-14-31-21;24-17-7-2-1-6-16(17)20(21(32)28-14-11-23(26,27)12-14)30(15-5-3-4-13(25)10-15)22(33)18-8-9-19(31)29-18;7-5-3-1-2-4-6(5)8;4-3-1-6-2-5-3/h1-7,10,13-14,16,20,23H,8-9,11-12H2,(H,32,36);1-7,10,14,18,20H,8-9,11-12H2,(H,28,32)(H,29,31);5-6H,1-4,7-8H2;1-2H/t20-,23?;18-,20?;5-,6-;/m001./s1. The van der Waals surface area contributed by atoms with Crippen molar-refractivity contribution >= 4 is 114 Å². The molecule has 3 saturated carbocycles. The van der Waals surface area contributed by atoms with Gasteiger partial charge in [-0.05, 0) is 90.1 Å². The van der Waals surface area contributed by atoms with Crippen molar-refractivity contribution in [3.8, 4) is 0 Å². The summed E-state index contributed by atoms with van der Waals surface area (Å²) in [7, 11) is 0. The van der Waals surface area contributed by atoms with E-state index in [-0.39, 0.29) is 82.1 Å². The number of alkyl halides is 4. The summed E-state index contributed by atoms with van der Waals surface area (Å²) in [5.41, 5.74) is 15.2. The third-order valence-corrected chi connectivity index (χ3v) is 17.3. The number of halogens is 9. The summed E-state index contributed by atoms with van der Waals surface area (Å²) in [6, 6.07) is 17.1. The van der Waals surface area contributed by atoms with Gasteiger partial charge in [0.25, 0.3) is 23.7 Å². The van der Waals surface area contributed by atoms with Gasteiger partial charge in [0.05, 0.1) is 11.0 Å². The summed E-state index contributed by atoms with van der Waals surface area (Å²) in [5.74, 6) is -10.1. The smallest absolute Gasteiger partial charge is 0.252 e. The van der Waals surface area contributed by atoms with Gasteiger partial charge >= 0.3 is 0 Å². The first-order valence-corrected chi connectivity index (χ1v) is 30.5. The molecular formula is C58H59BrCl2F6N10O6S2. The van der Waals surface area contributed by atoms with Gasteiger partial charge < -0.3 is 27.4 Å². The zero-order chi connectivity index (χ0) is 61.2. The van der Waals surface area contributed by atoms with E-state index in [1.54, 1.807) is 52.6 Å². The van der Waals surface area contributed by atoms with E-state index in [4.69, 9.17) is 34.7 Å². The van der Waals surface area contributed by atoms with Gasteiger partial charge in [0.15, 0.2) is 0 Å². The average Bonchev–Trinajstić information content (AvgIpc) is 1.99. The Morgan fingerprint density at radius 2 is 1.14 bits per heavy atom. The molecule has 2 unspecified atom stereocenters. The number of aromatic nitrogens is 2. The fraction of sp³-hybridized carbons (Fsp3) is 0.379. The number of rotatable bonds is 13. The highest BCUT2D eigenvalue weighted by atomic mass is 79.9. The minimum atomic E-state index is -2.88. The minimum Gasteiger partial charge on any atom is -0.351 e. The molecule has 0 spiro atoms. The van der Waals surface area contributed by atoms with Crippen molar-refractivity contribution in [2.45, 2.75) is 137 Å². The molecular weight excluding hydrogens is 1260 g/mol. The number of benzene rings is 4. The maximum Gasteiger partial charge on any atom is 0.252 e.